The lowest BCUT2D eigenvalue weighted by molar-refractivity contribution is -0.0683. The summed E-state index contributed by atoms with van der Waals surface area (Å²) < 4.78 is 33.2. The summed E-state index contributed by atoms with van der Waals surface area (Å²) in [6.45, 7) is 5.47. The number of rotatable bonds is 6. The van der Waals surface area contributed by atoms with Gasteiger partial charge in [-0.05, 0) is 74.1 Å². The van der Waals surface area contributed by atoms with Crippen LogP contribution in [0.3, 0.4) is 0 Å². The summed E-state index contributed by atoms with van der Waals surface area (Å²) in [4.78, 5) is 17.9. The van der Waals surface area contributed by atoms with Crippen molar-refractivity contribution in [1.82, 2.24) is 9.47 Å². The van der Waals surface area contributed by atoms with Gasteiger partial charge in [0.15, 0.2) is 6.29 Å². The fraction of sp³-hybridized carbons (Fsp3) is 0.444. The second-order valence-corrected chi connectivity index (χ2v) is 9.49. The highest BCUT2D eigenvalue weighted by molar-refractivity contribution is 5.83. The Labute approximate surface area is 203 Å². The number of ether oxygens (including phenoxy) is 3. The standard InChI is InChI=1S/C27H30FN3O4/c28-24-16-20(3-6-25(24)30-11-8-21(17-30)29-9-1-2-10-29)31-12-7-19-15-22(4-5-23(19)27(31)32)35-18-26-33-13-14-34-26/h3-7,12,15-16,21,26H,1-2,8-11,13-14,17-18H2. The zero-order valence-electron chi connectivity index (χ0n) is 19.7. The molecule has 0 aliphatic carbocycles. The summed E-state index contributed by atoms with van der Waals surface area (Å²) in [7, 11) is 0. The zero-order chi connectivity index (χ0) is 23.8. The van der Waals surface area contributed by atoms with Gasteiger partial charge in [-0.1, -0.05) is 0 Å². The molecule has 0 spiro atoms. The van der Waals surface area contributed by atoms with Crippen LogP contribution < -0.4 is 15.2 Å². The number of fused-ring (bicyclic) bond motifs is 1. The highest BCUT2D eigenvalue weighted by Crippen LogP contribution is 2.29. The van der Waals surface area contributed by atoms with Crippen LogP contribution in [0.2, 0.25) is 0 Å². The Balaban J connectivity index is 1.20. The second kappa shape index (κ2) is 9.60. The van der Waals surface area contributed by atoms with Gasteiger partial charge in [-0.25, -0.2) is 4.39 Å². The van der Waals surface area contributed by atoms with E-state index in [1.807, 2.05) is 18.2 Å². The van der Waals surface area contributed by atoms with Gasteiger partial charge >= 0.3 is 0 Å². The Kier molecular flexibility index (Phi) is 6.18. The molecule has 0 amide bonds. The molecule has 6 rings (SSSR count). The van der Waals surface area contributed by atoms with E-state index in [1.54, 1.807) is 24.4 Å². The van der Waals surface area contributed by atoms with Crippen LogP contribution in [-0.4, -0.2) is 67.8 Å². The molecule has 3 fully saturated rings. The zero-order valence-corrected chi connectivity index (χ0v) is 19.7. The summed E-state index contributed by atoms with van der Waals surface area (Å²) in [6, 6.07) is 12.8. The van der Waals surface area contributed by atoms with Gasteiger partial charge < -0.3 is 19.1 Å². The Morgan fingerprint density at radius 1 is 1.00 bits per heavy atom. The van der Waals surface area contributed by atoms with Crippen LogP contribution in [0.1, 0.15) is 19.3 Å². The van der Waals surface area contributed by atoms with E-state index in [4.69, 9.17) is 14.2 Å². The van der Waals surface area contributed by atoms with Gasteiger partial charge in [0.2, 0.25) is 0 Å². The monoisotopic (exact) mass is 479 g/mol. The van der Waals surface area contributed by atoms with Crippen molar-refractivity contribution in [2.24, 2.45) is 0 Å². The SMILES string of the molecule is O=c1c2ccc(OCC3OCCO3)cc2ccn1-c1ccc(N2CCC(N3CCCC3)C2)c(F)c1. The van der Waals surface area contributed by atoms with Crippen molar-refractivity contribution in [3.8, 4) is 11.4 Å². The van der Waals surface area contributed by atoms with Crippen molar-refractivity contribution in [3.63, 3.8) is 0 Å². The van der Waals surface area contributed by atoms with Crippen molar-refractivity contribution < 1.29 is 18.6 Å². The molecule has 1 unspecified atom stereocenters. The van der Waals surface area contributed by atoms with Crippen molar-refractivity contribution in [2.45, 2.75) is 31.6 Å². The van der Waals surface area contributed by atoms with Crippen LogP contribution in [0.5, 0.6) is 5.75 Å². The Hall–Kier alpha value is -2.94. The van der Waals surface area contributed by atoms with E-state index in [0.29, 0.717) is 48.4 Å². The predicted molar refractivity (Wildman–Crippen MR) is 132 cm³/mol. The molecule has 3 aromatic rings. The van der Waals surface area contributed by atoms with Gasteiger partial charge in [-0.3, -0.25) is 14.3 Å². The quantitative estimate of drug-likeness (QED) is 0.539. The van der Waals surface area contributed by atoms with Crippen LogP contribution in [0.4, 0.5) is 10.1 Å². The lowest BCUT2D eigenvalue weighted by Crippen LogP contribution is -2.35. The first-order valence-corrected chi connectivity index (χ1v) is 12.5. The Morgan fingerprint density at radius 3 is 2.63 bits per heavy atom. The molecule has 7 nitrogen and oxygen atoms in total. The summed E-state index contributed by atoms with van der Waals surface area (Å²) in [5.41, 5.74) is 0.935. The molecule has 1 atom stereocenters. The number of benzene rings is 2. The summed E-state index contributed by atoms with van der Waals surface area (Å²) in [5, 5.41) is 1.31. The second-order valence-electron chi connectivity index (χ2n) is 9.49. The predicted octanol–water partition coefficient (Wildman–Crippen LogP) is 3.56. The lowest BCUT2D eigenvalue weighted by atomic mass is 10.1. The number of halogens is 1. The van der Waals surface area contributed by atoms with Gasteiger partial charge in [0.1, 0.15) is 18.2 Å². The smallest absolute Gasteiger partial charge is 0.262 e. The topological polar surface area (TPSA) is 56.2 Å². The third-order valence-electron chi connectivity index (χ3n) is 7.32. The Morgan fingerprint density at radius 2 is 1.83 bits per heavy atom. The first-order valence-electron chi connectivity index (χ1n) is 12.5. The molecule has 0 bridgehead atoms. The molecule has 184 valence electrons. The number of anilines is 1. The molecular formula is C27H30FN3O4. The molecule has 3 saturated heterocycles. The van der Waals surface area contributed by atoms with Gasteiger partial charge in [-0.2, -0.15) is 0 Å². The molecular weight excluding hydrogens is 449 g/mol. The molecule has 3 aliphatic rings. The molecule has 0 radical (unpaired) electrons. The van der Waals surface area contributed by atoms with E-state index < -0.39 is 0 Å². The maximum absolute atomic E-state index is 15.2. The summed E-state index contributed by atoms with van der Waals surface area (Å²) in [6.07, 6.45) is 4.92. The highest BCUT2D eigenvalue weighted by atomic mass is 19.1. The average Bonchev–Trinajstić information content (AvgIpc) is 3.66. The normalized spacial score (nSPS) is 21.4. The number of aromatic nitrogens is 1. The maximum atomic E-state index is 15.2. The molecule has 3 aliphatic heterocycles. The van der Waals surface area contributed by atoms with Crippen molar-refractivity contribution in [2.75, 3.05) is 50.9 Å². The van der Waals surface area contributed by atoms with E-state index in [-0.39, 0.29) is 17.7 Å². The van der Waals surface area contributed by atoms with Gasteiger partial charge in [0.05, 0.1) is 24.6 Å². The van der Waals surface area contributed by atoms with E-state index in [1.165, 1.54) is 23.5 Å². The minimum absolute atomic E-state index is 0.195. The average molecular weight is 480 g/mol. The molecule has 1 aromatic heterocycles. The highest BCUT2D eigenvalue weighted by Gasteiger charge is 2.30. The van der Waals surface area contributed by atoms with Crippen LogP contribution in [0.25, 0.3) is 16.5 Å². The van der Waals surface area contributed by atoms with E-state index in [0.717, 1.165) is 38.0 Å². The summed E-state index contributed by atoms with van der Waals surface area (Å²) >= 11 is 0. The van der Waals surface area contributed by atoms with Gasteiger partial charge in [0.25, 0.3) is 5.56 Å². The third kappa shape index (κ3) is 4.53. The molecule has 8 heteroatoms. The molecule has 2 aromatic carbocycles. The van der Waals surface area contributed by atoms with Crippen molar-refractivity contribution in [1.29, 1.82) is 0 Å². The Bertz CT molecular complexity index is 1270. The molecule has 35 heavy (non-hydrogen) atoms. The van der Waals surface area contributed by atoms with Gasteiger partial charge in [-0.15, -0.1) is 0 Å². The third-order valence-corrected chi connectivity index (χ3v) is 7.32. The lowest BCUT2D eigenvalue weighted by Gasteiger charge is -2.25. The van der Waals surface area contributed by atoms with Crippen molar-refractivity contribution in [3.05, 3.63) is 64.8 Å². The van der Waals surface area contributed by atoms with Gasteiger partial charge in [0, 0.05) is 36.8 Å². The molecule has 0 N–H and O–H groups in total. The molecule has 0 saturated carbocycles. The van der Waals surface area contributed by atoms with Crippen LogP contribution in [-0.2, 0) is 9.47 Å². The molecule has 4 heterocycles. The van der Waals surface area contributed by atoms with E-state index >= 15 is 4.39 Å². The first kappa shape index (κ1) is 22.5. The van der Waals surface area contributed by atoms with Crippen molar-refractivity contribution >= 4 is 16.5 Å². The van der Waals surface area contributed by atoms with E-state index in [9.17, 15) is 4.79 Å². The van der Waals surface area contributed by atoms with Crippen LogP contribution in [0, 0.1) is 5.82 Å². The minimum atomic E-state index is -0.358. The number of likely N-dealkylation sites (tertiary alicyclic amines) is 1. The van der Waals surface area contributed by atoms with E-state index in [2.05, 4.69) is 9.80 Å². The number of nitrogens with zero attached hydrogens (tertiary/aromatic N) is 3. The summed E-state index contributed by atoms with van der Waals surface area (Å²) in [5.74, 6) is 0.346. The minimum Gasteiger partial charge on any atom is -0.488 e. The largest absolute Gasteiger partial charge is 0.488 e. The number of hydrogen-bond donors (Lipinski definition) is 0. The first-order chi connectivity index (χ1) is 17.2. The number of pyridine rings is 1. The fourth-order valence-corrected chi connectivity index (χ4v) is 5.45. The van der Waals surface area contributed by atoms with Crippen LogP contribution in [0.15, 0.2) is 53.5 Å². The van der Waals surface area contributed by atoms with Crippen LogP contribution >= 0.6 is 0 Å². The number of hydrogen-bond acceptors (Lipinski definition) is 6. The maximum Gasteiger partial charge on any atom is 0.262 e. The fourth-order valence-electron chi connectivity index (χ4n) is 5.45.